The maximum Gasteiger partial charge on any atom is 0.233 e. The average molecular weight is 291 g/mol. The molecular weight excluding hydrogens is 262 g/mol. The van der Waals surface area contributed by atoms with E-state index in [1.54, 1.807) is 7.05 Å². The van der Waals surface area contributed by atoms with Gasteiger partial charge in [-0.05, 0) is 26.4 Å². The Hall–Kier alpha value is -0.730. The summed E-state index contributed by atoms with van der Waals surface area (Å²) in [5, 5.41) is 5.57. The van der Waals surface area contributed by atoms with Crippen molar-refractivity contribution in [2.75, 3.05) is 66.3 Å². The number of carbonyl (C=O) groups excluding carboxylic acids is 1. The molecule has 7 heteroatoms. The number of amides is 1. The van der Waals surface area contributed by atoms with Gasteiger partial charge in [-0.2, -0.15) is 0 Å². The molecule has 0 aromatic heterocycles. The molecule has 0 rings (SSSR count). The van der Waals surface area contributed by atoms with Crippen LogP contribution in [0, 0.1) is 0 Å². The highest BCUT2D eigenvalue weighted by Crippen LogP contribution is 1.85. The van der Waals surface area contributed by atoms with E-state index in [-0.39, 0.29) is 5.91 Å². The predicted octanol–water partition coefficient (Wildman–Crippen LogP) is -0.889. The molecule has 4 N–H and O–H groups in total. The van der Waals surface area contributed by atoms with Crippen molar-refractivity contribution in [3.63, 3.8) is 0 Å². The molecular formula is C13H29N3O4. The smallest absolute Gasteiger partial charge is 0.233 e. The highest BCUT2D eigenvalue weighted by atomic mass is 16.5. The van der Waals surface area contributed by atoms with Crippen molar-refractivity contribution < 1.29 is 19.0 Å². The van der Waals surface area contributed by atoms with Gasteiger partial charge in [-0.25, -0.2) is 0 Å². The quantitative estimate of drug-likeness (QED) is 0.339. The predicted molar refractivity (Wildman–Crippen MR) is 77.7 cm³/mol. The lowest BCUT2D eigenvalue weighted by molar-refractivity contribution is -0.120. The third-order valence-corrected chi connectivity index (χ3v) is 2.36. The van der Waals surface area contributed by atoms with Crippen LogP contribution in [0.1, 0.15) is 12.8 Å². The van der Waals surface area contributed by atoms with Crippen LogP contribution in [-0.4, -0.2) is 72.2 Å². The first-order valence-corrected chi connectivity index (χ1v) is 7.16. The van der Waals surface area contributed by atoms with Crippen LogP contribution >= 0.6 is 0 Å². The van der Waals surface area contributed by atoms with Gasteiger partial charge in [0.05, 0.1) is 33.0 Å². The van der Waals surface area contributed by atoms with Crippen LogP contribution in [0.2, 0.25) is 0 Å². The zero-order valence-electron chi connectivity index (χ0n) is 12.5. The Bertz CT molecular complexity index is 218. The standard InChI is InChI=1S/C13H29N3O4/c1-15-12-13(17)16-5-3-7-19-9-11-20-10-8-18-6-2-4-14/h15H,2-12,14H2,1H3,(H,16,17). The molecule has 0 saturated carbocycles. The number of carbonyl (C=O) groups is 1. The summed E-state index contributed by atoms with van der Waals surface area (Å²) in [5.74, 6) is 0.00506. The summed E-state index contributed by atoms with van der Waals surface area (Å²) in [5.41, 5.74) is 5.34. The monoisotopic (exact) mass is 291 g/mol. The first-order valence-electron chi connectivity index (χ1n) is 7.16. The summed E-state index contributed by atoms with van der Waals surface area (Å²) in [6, 6.07) is 0. The molecule has 120 valence electrons. The summed E-state index contributed by atoms with van der Waals surface area (Å²) in [4.78, 5) is 11.1. The second-order valence-electron chi connectivity index (χ2n) is 4.21. The molecule has 0 aromatic rings. The summed E-state index contributed by atoms with van der Waals surface area (Å²) in [7, 11) is 1.74. The average Bonchev–Trinajstić information content (AvgIpc) is 2.44. The van der Waals surface area contributed by atoms with Crippen molar-refractivity contribution >= 4 is 5.91 Å². The van der Waals surface area contributed by atoms with Crippen LogP contribution < -0.4 is 16.4 Å². The second kappa shape index (κ2) is 16.3. The van der Waals surface area contributed by atoms with Gasteiger partial charge in [0.1, 0.15) is 0 Å². The lowest BCUT2D eigenvalue weighted by Crippen LogP contribution is -2.33. The van der Waals surface area contributed by atoms with E-state index >= 15 is 0 Å². The summed E-state index contributed by atoms with van der Waals surface area (Å²) in [6.07, 6.45) is 1.69. The summed E-state index contributed by atoms with van der Waals surface area (Å²) < 4.78 is 16.0. The molecule has 0 aliphatic carbocycles. The van der Waals surface area contributed by atoms with Gasteiger partial charge in [0.25, 0.3) is 0 Å². The van der Waals surface area contributed by atoms with Crippen LogP contribution in [0.5, 0.6) is 0 Å². The van der Waals surface area contributed by atoms with E-state index in [2.05, 4.69) is 10.6 Å². The number of nitrogens with two attached hydrogens (primary N) is 1. The zero-order valence-corrected chi connectivity index (χ0v) is 12.5. The number of ether oxygens (including phenoxy) is 3. The lowest BCUT2D eigenvalue weighted by atomic mass is 10.4. The normalized spacial score (nSPS) is 10.7. The van der Waals surface area contributed by atoms with Gasteiger partial charge < -0.3 is 30.6 Å². The largest absolute Gasteiger partial charge is 0.379 e. The highest BCUT2D eigenvalue weighted by molar-refractivity contribution is 5.77. The first-order chi connectivity index (χ1) is 9.81. The van der Waals surface area contributed by atoms with Crippen molar-refractivity contribution in [2.24, 2.45) is 5.73 Å². The van der Waals surface area contributed by atoms with Crippen molar-refractivity contribution in [3.05, 3.63) is 0 Å². The Morgan fingerprint density at radius 3 is 2.05 bits per heavy atom. The Morgan fingerprint density at radius 2 is 1.50 bits per heavy atom. The van der Waals surface area contributed by atoms with Gasteiger partial charge in [-0.3, -0.25) is 4.79 Å². The van der Waals surface area contributed by atoms with Crippen LogP contribution in [-0.2, 0) is 19.0 Å². The fraction of sp³-hybridized carbons (Fsp3) is 0.923. The van der Waals surface area contributed by atoms with Crippen molar-refractivity contribution in [1.29, 1.82) is 0 Å². The molecule has 0 unspecified atom stereocenters. The molecule has 20 heavy (non-hydrogen) atoms. The van der Waals surface area contributed by atoms with E-state index in [9.17, 15) is 4.79 Å². The number of hydrogen-bond acceptors (Lipinski definition) is 6. The van der Waals surface area contributed by atoms with E-state index in [0.717, 1.165) is 12.8 Å². The van der Waals surface area contributed by atoms with Gasteiger partial charge in [0, 0.05) is 19.8 Å². The molecule has 0 aromatic carbocycles. The third kappa shape index (κ3) is 15.3. The van der Waals surface area contributed by atoms with Gasteiger partial charge in [-0.15, -0.1) is 0 Å². The van der Waals surface area contributed by atoms with Gasteiger partial charge in [0.15, 0.2) is 0 Å². The van der Waals surface area contributed by atoms with Crippen LogP contribution in [0.25, 0.3) is 0 Å². The first kappa shape index (κ1) is 19.3. The van der Waals surface area contributed by atoms with Crippen LogP contribution in [0.3, 0.4) is 0 Å². The molecule has 0 bridgehead atoms. The van der Waals surface area contributed by atoms with E-state index in [1.807, 2.05) is 0 Å². The topological polar surface area (TPSA) is 94.8 Å². The number of nitrogens with one attached hydrogen (secondary N) is 2. The highest BCUT2D eigenvalue weighted by Gasteiger charge is 1.97. The molecule has 0 heterocycles. The van der Waals surface area contributed by atoms with E-state index in [4.69, 9.17) is 19.9 Å². The van der Waals surface area contributed by atoms with Gasteiger partial charge in [0.2, 0.25) is 5.91 Å². The molecule has 0 saturated heterocycles. The summed E-state index contributed by atoms with van der Waals surface area (Å²) in [6.45, 7) is 5.25. The molecule has 0 radical (unpaired) electrons. The fourth-order valence-corrected chi connectivity index (χ4v) is 1.35. The summed E-state index contributed by atoms with van der Waals surface area (Å²) >= 11 is 0. The Morgan fingerprint density at radius 1 is 0.950 bits per heavy atom. The lowest BCUT2D eigenvalue weighted by Gasteiger charge is -2.07. The van der Waals surface area contributed by atoms with E-state index in [1.165, 1.54) is 0 Å². The van der Waals surface area contributed by atoms with Crippen molar-refractivity contribution in [2.45, 2.75) is 12.8 Å². The van der Waals surface area contributed by atoms with Crippen LogP contribution in [0.15, 0.2) is 0 Å². The molecule has 0 fully saturated rings. The molecule has 1 amide bonds. The van der Waals surface area contributed by atoms with Gasteiger partial charge in [-0.1, -0.05) is 0 Å². The molecule has 0 atom stereocenters. The number of hydrogen-bond donors (Lipinski definition) is 3. The van der Waals surface area contributed by atoms with E-state index in [0.29, 0.717) is 59.3 Å². The second-order valence-corrected chi connectivity index (χ2v) is 4.21. The minimum atomic E-state index is 0.00506. The fourth-order valence-electron chi connectivity index (χ4n) is 1.35. The Balaban J connectivity index is 3.01. The zero-order chi connectivity index (χ0) is 14.9. The molecule has 0 spiro atoms. The minimum Gasteiger partial charge on any atom is -0.379 e. The Labute approximate surface area is 121 Å². The molecule has 0 aliphatic heterocycles. The Kier molecular flexibility index (Phi) is 15.7. The number of rotatable bonds is 15. The minimum absolute atomic E-state index is 0.00506. The maximum atomic E-state index is 11.1. The van der Waals surface area contributed by atoms with E-state index < -0.39 is 0 Å². The third-order valence-electron chi connectivity index (χ3n) is 2.36. The molecule has 0 aliphatic rings. The van der Waals surface area contributed by atoms with Crippen molar-refractivity contribution in [3.8, 4) is 0 Å². The SMILES string of the molecule is CNCC(=O)NCCCOCCOCCOCCCN. The van der Waals surface area contributed by atoms with Crippen molar-refractivity contribution in [1.82, 2.24) is 10.6 Å². The molecule has 7 nitrogen and oxygen atoms in total. The number of likely N-dealkylation sites (N-methyl/N-ethyl adjacent to an activating group) is 1. The van der Waals surface area contributed by atoms with Gasteiger partial charge >= 0.3 is 0 Å². The van der Waals surface area contributed by atoms with Crippen LogP contribution in [0.4, 0.5) is 0 Å². The maximum absolute atomic E-state index is 11.1.